The van der Waals surface area contributed by atoms with Gasteiger partial charge in [0.25, 0.3) is 0 Å². The number of hydrogen-bond acceptors (Lipinski definition) is 4. The van der Waals surface area contributed by atoms with E-state index in [0.29, 0.717) is 24.9 Å². The molecule has 0 N–H and O–H groups in total. The summed E-state index contributed by atoms with van der Waals surface area (Å²) in [6.45, 7) is 8.56. The molecule has 0 aromatic rings. The maximum absolute atomic E-state index is 12.1. The Morgan fingerprint density at radius 3 is 2.91 bits per heavy atom. The van der Waals surface area contributed by atoms with Gasteiger partial charge in [-0.05, 0) is 43.8 Å². The van der Waals surface area contributed by atoms with Crippen molar-refractivity contribution in [2.24, 2.45) is 17.3 Å². The van der Waals surface area contributed by atoms with Crippen molar-refractivity contribution < 1.29 is 19.1 Å². The second-order valence-electron chi connectivity index (χ2n) is 6.95. The molecular weight excluding hydrogens is 280 g/mol. The van der Waals surface area contributed by atoms with Crippen molar-refractivity contribution in [3.8, 4) is 0 Å². The molecule has 1 fully saturated rings. The second kappa shape index (κ2) is 6.27. The van der Waals surface area contributed by atoms with E-state index in [2.05, 4.69) is 26.8 Å². The fourth-order valence-electron chi connectivity index (χ4n) is 3.93. The molecule has 1 saturated heterocycles. The van der Waals surface area contributed by atoms with Gasteiger partial charge in [0.1, 0.15) is 0 Å². The fraction of sp³-hybridized carbons (Fsp3) is 0.667. The molecule has 1 heterocycles. The van der Waals surface area contributed by atoms with Gasteiger partial charge in [0.15, 0.2) is 5.60 Å². The standard InChI is InChI=1S/C18H26O4/c1-5-21-15(19)7-9-18-8-6-14(4)11-17(18,10-13(2)3)12-16(20)22-18/h6-9,13-14H,5,10-12H2,1-4H3/b9-7+/t14?,17-,18+/m0/s1. The molecule has 1 aliphatic heterocycles. The maximum Gasteiger partial charge on any atom is 0.330 e. The molecular formula is C18H26O4. The third kappa shape index (κ3) is 3.11. The van der Waals surface area contributed by atoms with Gasteiger partial charge in [-0.1, -0.05) is 26.8 Å². The van der Waals surface area contributed by atoms with Crippen molar-refractivity contribution in [2.75, 3.05) is 6.61 Å². The van der Waals surface area contributed by atoms with E-state index in [-0.39, 0.29) is 11.4 Å². The quantitative estimate of drug-likeness (QED) is 0.444. The summed E-state index contributed by atoms with van der Waals surface area (Å²) < 4.78 is 10.7. The van der Waals surface area contributed by atoms with Gasteiger partial charge in [-0.15, -0.1) is 0 Å². The molecule has 4 nitrogen and oxygen atoms in total. The monoisotopic (exact) mass is 306 g/mol. The average Bonchev–Trinajstić information content (AvgIpc) is 2.67. The van der Waals surface area contributed by atoms with E-state index >= 15 is 0 Å². The van der Waals surface area contributed by atoms with Gasteiger partial charge in [-0.2, -0.15) is 0 Å². The van der Waals surface area contributed by atoms with Crippen LogP contribution in [0, 0.1) is 17.3 Å². The minimum atomic E-state index is -0.812. The van der Waals surface area contributed by atoms with E-state index in [1.165, 1.54) is 6.08 Å². The zero-order valence-corrected chi connectivity index (χ0v) is 13.9. The Hall–Kier alpha value is -1.58. The largest absolute Gasteiger partial charge is 0.463 e. The van der Waals surface area contributed by atoms with Crippen LogP contribution in [0.15, 0.2) is 24.3 Å². The predicted octanol–water partition coefficient (Wildman–Crippen LogP) is 3.42. The number of rotatable bonds is 5. The molecule has 0 amide bonds. The van der Waals surface area contributed by atoms with Crippen molar-refractivity contribution in [3.05, 3.63) is 24.3 Å². The number of carbonyl (C=O) groups is 2. The van der Waals surface area contributed by atoms with Crippen LogP contribution in [0.2, 0.25) is 0 Å². The number of hydrogen-bond donors (Lipinski definition) is 0. The van der Waals surface area contributed by atoms with E-state index in [9.17, 15) is 9.59 Å². The molecule has 0 saturated carbocycles. The van der Waals surface area contributed by atoms with Crippen molar-refractivity contribution in [2.45, 2.75) is 52.6 Å². The molecule has 2 aliphatic rings. The van der Waals surface area contributed by atoms with Crippen LogP contribution in [0.4, 0.5) is 0 Å². The van der Waals surface area contributed by atoms with Crippen molar-refractivity contribution in [3.63, 3.8) is 0 Å². The SMILES string of the molecule is CCOC(=O)/C=C/[C@]12C=CC(C)C[C@@]1(CC(C)C)CC(=O)O2. The Balaban J connectivity index is 2.39. The normalized spacial score (nSPS) is 34.0. The summed E-state index contributed by atoms with van der Waals surface area (Å²) in [6, 6.07) is 0. The number of esters is 2. The third-order valence-electron chi connectivity index (χ3n) is 4.53. The summed E-state index contributed by atoms with van der Waals surface area (Å²) in [7, 11) is 0. The van der Waals surface area contributed by atoms with Crippen molar-refractivity contribution in [1.29, 1.82) is 0 Å². The van der Waals surface area contributed by atoms with Crippen LogP contribution in [0.3, 0.4) is 0 Å². The zero-order valence-electron chi connectivity index (χ0n) is 13.9. The minimum Gasteiger partial charge on any atom is -0.463 e. The Labute approximate surface area is 132 Å². The summed E-state index contributed by atoms with van der Waals surface area (Å²) in [5.74, 6) is 0.263. The Morgan fingerprint density at radius 2 is 2.27 bits per heavy atom. The Bertz CT molecular complexity index is 505. The van der Waals surface area contributed by atoms with Crippen LogP contribution in [0.1, 0.15) is 47.0 Å². The first-order valence-corrected chi connectivity index (χ1v) is 8.10. The second-order valence-corrected chi connectivity index (χ2v) is 6.95. The molecule has 0 bridgehead atoms. The van der Waals surface area contributed by atoms with Crippen LogP contribution in [0.5, 0.6) is 0 Å². The Morgan fingerprint density at radius 1 is 1.55 bits per heavy atom. The third-order valence-corrected chi connectivity index (χ3v) is 4.53. The van der Waals surface area contributed by atoms with E-state index in [4.69, 9.17) is 9.47 Å². The highest BCUT2D eigenvalue weighted by Gasteiger charge is 2.59. The fourth-order valence-corrected chi connectivity index (χ4v) is 3.93. The van der Waals surface area contributed by atoms with Crippen molar-refractivity contribution in [1.82, 2.24) is 0 Å². The minimum absolute atomic E-state index is 0.187. The van der Waals surface area contributed by atoms with Crippen LogP contribution in [-0.4, -0.2) is 24.1 Å². The molecule has 0 radical (unpaired) electrons. The topological polar surface area (TPSA) is 52.6 Å². The summed E-state index contributed by atoms with van der Waals surface area (Å²) in [4.78, 5) is 23.7. The first kappa shape index (κ1) is 16.8. The van der Waals surface area contributed by atoms with Gasteiger partial charge in [-0.3, -0.25) is 4.79 Å². The molecule has 3 atom stereocenters. The molecule has 0 spiro atoms. The van der Waals surface area contributed by atoms with Gasteiger partial charge in [0.2, 0.25) is 0 Å². The van der Waals surface area contributed by atoms with E-state index in [1.807, 2.05) is 6.08 Å². The molecule has 1 unspecified atom stereocenters. The molecule has 0 aromatic heterocycles. The van der Waals surface area contributed by atoms with Gasteiger partial charge >= 0.3 is 11.9 Å². The van der Waals surface area contributed by atoms with Crippen LogP contribution in [-0.2, 0) is 19.1 Å². The van der Waals surface area contributed by atoms with Crippen LogP contribution >= 0.6 is 0 Å². The van der Waals surface area contributed by atoms with Gasteiger partial charge in [-0.25, -0.2) is 4.79 Å². The number of carbonyl (C=O) groups excluding carboxylic acids is 2. The van der Waals surface area contributed by atoms with E-state index < -0.39 is 11.6 Å². The smallest absolute Gasteiger partial charge is 0.330 e. The summed E-state index contributed by atoms with van der Waals surface area (Å²) in [6.07, 6.45) is 9.35. The number of fused-ring (bicyclic) bond motifs is 1. The van der Waals surface area contributed by atoms with Crippen LogP contribution < -0.4 is 0 Å². The van der Waals surface area contributed by atoms with Crippen molar-refractivity contribution >= 4 is 11.9 Å². The van der Waals surface area contributed by atoms with Gasteiger partial charge < -0.3 is 9.47 Å². The lowest BCUT2D eigenvalue weighted by Gasteiger charge is -2.45. The molecule has 2 rings (SSSR count). The molecule has 122 valence electrons. The number of ether oxygens (including phenoxy) is 2. The lowest BCUT2D eigenvalue weighted by molar-refractivity contribution is -0.145. The summed E-state index contributed by atoms with van der Waals surface area (Å²) in [5.41, 5.74) is -1.08. The Kier molecular flexibility index (Phi) is 4.78. The molecule has 22 heavy (non-hydrogen) atoms. The summed E-state index contributed by atoms with van der Waals surface area (Å²) >= 11 is 0. The highest BCUT2D eigenvalue weighted by Crippen LogP contribution is 2.56. The predicted molar refractivity (Wildman–Crippen MR) is 84.0 cm³/mol. The first-order valence-electron chi connectivity index (χ1n) is 8.10. The lowest BCUT2D eigenvalue weighted by atomic mass is 9.60. The summed E-state index contributed by atoms with van der Waals surface area (Å²) in [5, 5.41) is 0. The van der Waals surface area contributed by atoms with Gasteiger partial charge in [0.05, 0.1) is 13.0 Å². The molecule has 1 aliphatic carbocycles. The lowest BCUT2D eigenvalue weighted by Crippen LogP contribution is -2.46. The maximum atomic E-state index is 12.1. The van der Waals surface area contributed by atoms with Crippen LogP contribution in [0.25, 0.3) is 0 Å². The highest BCUT2D eigenvalue weighted by atomic mass is 16.6. The first-order chi connectivity index (χ1) is 10.3. The number of allylic oxidation sites excluding steroid dienone is 1. The van der Waals surface area contributed by atoms with E-state index in [1.54, 1.807) is 13.0 Å². The average molecular weight is 306 g/mol. The molecule has 0 aromatic carbocycles. The van der Waals surface area contributed by atoms with E-state index in [0.717, 1.165) is 12.8 Å². The highest BCUT2D eigenvalue weighted by molar-refractivity contribution is 5.83. The zero-order chi connectivity index (χ0) is 16.4. The van der Waals surface area contributed by atoms with Gasteiger partial charge in [0, 0.05) is 11.5 Å². The molecule has 4 heteroatoms.